The minimum atomic E-state index is 0.216. The SMILES string of the molecule is C[C@H]1CCCC[C@@H]1CC(=O)N1CCN(CCO)CC1. The van der Waals surface area contributed by atoms with Crippen LogP contribution in [0.5, 0.6) is 0 Å². The van der Waals surface area contributed by atoms with E-state index in [4.69, 9.17) is 5.11 Å². The van der Waals surface area contributed by atoms with Gasteiger partial charge in [0.05, 0.1) is 6.61 Å². The van der Waals surface area contributed by atoms with E-state index < -0.39 is 0 Å². The van der Waals surface area contributed by atoms with Crippen LogP contribution in [0.3, 0.4) is 0 Å². The quantitative estimate of drug-likeness (QED) is 0.837. The van der Waals surface area contributed by atoms with Crippen LogP contribution in [0.1, 0.15) is 39.0 Å². The molecular formula is C15H28N2O2. The molecule has 4 nitrogen and oxygen atoms in total. The van der Waals surface area contributed by atoms with Crippen LogP contribution in [-0.4, -0.2) is 60.1 Å². The highest BCUT2D eigenvalue weighted by molar-refractivity contribution is 5.76. The maximum atomic E-state index is 12.3. The number of amides is 1. The van der Waals surface area contributed by atoms with Gasteiger partial charge in [0.25, 0.3) is 0 Å². The summed E-state index contributed by atoms with van der Waals surface area (Å²) in [5, 5.41) is 8.92. The largest absolute Gasteiger partial charge is 0.395 e. The first-order valence-corrected chi connectivity index (χ1v) is 7.81. The van der Waals surface area contributed by atoms with E-state index in [1.54, 1.807) is 0 Å². The van der Waals surface area contributed by atoms with Gasteiger partial charge in [-0.05, 0) is 18.3 Å². The van der Waals surface area contributed by atoms with Crippen molar-refractivity contribution in [2.45, 2.75) is 39.0 Å². The Kier molecular flexibility index (Phi) is 5.64. The number of rotatable bonds is 4. The third kappa shape index (κ3) is 4.18. The van der Waals surface area contributed by atoms with Crippen LogP contribution in [0.15, 0.2) is 0 Å². The maximum absolute atomic E-state index is 12.3. The normalized spacial score (nSPS) is 29.5. The summed E-state index contributed by atoms with van der Waals surface area (Å²) in [6, 6.07) is 0. The van der Waals surface area contributed by atoms with Crippen molar-refractivity contribution in [3.05, 3.63) is 0 Å². The van der Waals surface area contributed by atoms with Crippen molar-refractivity contribution < 1.29 is 9.90 Å². The minimum absolute atomic E-state index is 0.216. The van der Waals surface area contributed by atoms with Crippen LogP contribution in [0.2, 0.25) is 0 Å². The molecule has 19 heavy (non-hydrogen) atoms. The Bertz CT molecular complexity index is 288. The first-order chi connectivity index (χ1) is 9.20. The molecule has 1 saturated carbocycles. The molecule has 1 aliphatic heterocycles. The van der Waals surface area contributed by atoms with Gasteiger partial charge in [0.1, 0.15) is 0 Å². The van der Waals surface area contributed by atoms with Crippen molar-refractivity contribution in [3.63, 3.8) is 0 Å². The lowest BCUT2D eigenvalue weighted by atomic mass is 9.78. The number of aliphatic hydroxyl groups excluding tert-OH is 1. The highest BCUT2D eigenvalue weighted by Gasteiger charge is 2.27. The predicted molar refractivity (Wildman–Crippen MR) is 75.8 cm³/mol. The summed E-state index contributed by atoms with van der Waals surface area (Å²) in [5.41, 5.74) is 0. The number of hydrogen-bond donors (Lipinski definition) is 1. The Morgan fingerprint density at radius 1 is 1.16 bits per heavy atom. The third-order valence-corrected chi connectivity index (χ3v) is 4.87. The van der Waals surface area contributed by atoms with Crippen LogP contribution in [0, 0.1) is 11.8 Å². The Hall–Kier alpha value is -0.610. The molecule has 2 rings (SSSR count). The fourth-order valence-corrected chi connectivity index (χ4v) is 3.41. The van der Waals surface area contributed by atoms with E-state index >= 15 is 0 Å². The van der Waals surface area contributed by atoms with Crippen molar-refractivity contribution >= 4 is 5.91 Å². The predicted octanol–water partition coefficient (Wildman–Crippen LogP) is 1.34. The van der Waals surface area contributed by atoms with E-state index in [0.717, 1.165) is 39.1 Å². The minimum Gasteiger partial charge on any atom is -0.395 e. The second kappa shape index (κ2) is 7.25. The molecule has 2 aliphatic rings. The van der Waals surface area contributed by atoms with Crippen molar-refractivity contribution in [3.8, 4) is 0 Å². The lowest BCUT2D eigenvalue weighted by Gasteiger charge is -2.36. The van der Waals surface area contributed by atoms with E-state index in [9.17, 15) is 4.79 Å². The summed E-state index contributed by atoms with van der Waals surface area (Å²) >= 11 is 0. The van der Waals surface area contributed by atoms with Gasteiger partial charge in [-0.3, -0.25) is 9.69 Å². The Morgan fingerprint density at radius 2 is 1.84 bits per heavy atom. The molecule has 110 valence electrons. The average Bonchev–Trinajstić information content (AvgIpc) is 2.42. The number of nitrogens with zero attached hydrogens (tertiary/aromatic N) is 2. The molecule has 2 fully saturated rings. The van der Waals surface area contributed by atoms with E-state index in [1.165, 1.54) is 25.7 Å². The molecule has 0 unspecified atom stereocenters. The van der Waals surface area contributed by atoms with Crippen molar-refractivity contribution in [1.82, 2.24) is 9.80 Å². The molecule has 0 aromatic heterocycles. The second-order valence-corrected chi connectivity index (χ2v) is 6.17. The summed E-state index contributed by atoms with van der Waals surface area (Å²) in [4.78, 5) is 16.6. The molecule has 4 heteroatoms. The van der Waals surface area contributed by atoms with Crippen molar-refractivity contribution in [2.75, 3.05) is 39.3 Å². The van der Waals surface area contributed by atoms with Gasteiger partial charge in [0, 0.05) is 39.1 Å². The zero-order valence-corrected chi connectivity index (χ0v) is 12.2. The van der Waals surface area contributed by atoms with Crippen molar-refractivity contribution in [2.24, 2.45) is 11.8 Å². The summed E-state index contributed by atoms with van der Waals surface area (Å²) in [6.45, 7) is 6.74. The molecule has 0 radical (unpaired) electrons. The lowest BCUT2D eigenvalue weighted by Crippen LogP contribution is -2.49. The van der Waals surface area contributed by atoms with E-state index in [1.807, 2.05) is 4.90 Å². The number of hydrogen-bond acceptors (Lipinski definition) is 3. The van der Waals surface area contributed by atoms with E-state index in [0.29, 0.717) is 17.7 Å². The van der Waals surface area contributed by atoms with Crippen molar-refractivity contribution in [1.29, 1.82) is 0 Å². The Balaban J connectivity index is 1.74. The molecular weight excluding hydrogens is 240 g/mol. The second-order valence-electron chi connectivity index (χ2n) is 6.17. The van der Waals surface area contributed by atoms with Crippen LogP contribution in [-0.2, 0) is 4.79 Å². The van der Waals surface area contributed by atoms with Gasteiger partial charge in [0.15, 0.2) is 0 Å². The van der Waals surface area contributed by atoms with Crippen LogP contribution >= 0.6 is 0 Å². The van der Waals surface area contributed by atoms with Gasteiger partial charge in [-0.1, -0.05) is 26.2 Å². The van der Waals surface area contributed by atoms with E-state index in [2.05, 4.69) is 11.8 Å². The number of β-amino-alcohol motifs (C(OH)–C–C–N with tert-alkyl or cyclic N) is 1. The molecule has 1 N–H and O–H groups in total. The molecule has 0 aromatic carbocycles. The third-order valence-electron chi connectivity index (χ3n) is 4.87. The molecule has 0 bridgehead atoms. The van der Waals surface area contributed by atoms with Crippen LogP contribution in [0.4, 0.5) is 0 Å². The molecule has 0 aromatic rings. The summed E-state index contributed by atoms with van der Waals surface area (Å²) < 4.78 is 0. The topological polar surface area (TPSA) is 43.8 Å². The first-order valence-electron chi connectivity index (χ1n) is 7.81. The van der Waals surface area contributed by atoms with Crippen LogP contribution in [0.25, 0.3) is 0 Å². The van der Waals surface area contributed by atoms with E-state index in [-0.39, 0.29) is 6.61 Å². The van der Waals surface area contributed by atoms with Crippen LogP contribution < -0.4 is 0 Å². The van der Waals surface area contributed by atoms with Gasteiger partial charge >= 0.3 is 0 Å². The Labute approximate surface area is 116 Å². The molecule has 1 saturated heterocycles. The molecule has 2 atom stereocenters. The molecule has 0 spiro atoms. The van der Waals surface area contributed by atoms with Gasteiger partial charge < -0.3 is 10.0 Å². The lowest BCUT2D eigenvalue weighted by molar-refractivity contribution is -0.134. The summed E-state index contributed by atoms with van der Waals surface area (Å²) in [6.07, 6.45) is 5.92. The standard InChI is InChI=1S/C15H28N2O2/c1-13-4-2-3-5-14(13)12-15(19)17-8-6-16(7-9-17)10-11-18/h13-14,18H,2-12H2,1H3/t13-,14+/m0/s1. The zero-order chi connectivity index (χ0) is 13.7. The van der Waals surface area contributed by atoms with Gasteiger partial charge in [-0.25, -0.2) is 0 Å². The monoisotopic (exact) mass is 268 g/mol. The number of carbonyl (C=O) groups excluding carboxylic acids is 1. The summed E-state index contributed by atoms with van der Waals surface area (Å²) in [5.74, 6) is 1.67. The number of carbonyl (C=O) groups is 1. The van der Waals surface area contributed by atoms with Gasteiger partial charge in [-0.2, -0.15) is 0 Å². The smallest absolute Gasteiger partial charge is 0.222 e. The number of aliphatic hydroxyl groups is 1. The molecule has 1 heterocycles. The average molecular weight is 268 g/mol. The fraction of sp³-hybridized carbons (Fsp3) is 0.933. The van der Waals surface area contributed by atoms with Gasteiger partial charge in [-0.15, -0.1) is 0 Å². The fourth-order valence-electron chi connectivity index (χ4n) is 3.41. The molecule has 1 aliphatic carbocycles. The highest BCUT2D eigenvalue weighted by atomic mass is 16.3. The van der Waals surface area contributed by atoms with Gasteiger partial charge in [0.2, 0.25) is 5.91 Å². The Morgan fingerprint density at radius 3 is 2.47 bits per heavy atom. The first kappa shape index (κ1) is 14.8. The summed E-state index contributed by atoms with van der Waals surface area (Å²) in [7, 11) is 0. The number of piperazine rings is 1. The highest BCUT2D eigenvalue weighted by Crippen LogP contribution is 2.32. The molecule has 1 amide bonds. The zero-order valence-electron chi connectivity index (χ0n) is 12.2. The maximum Gasteiger partial charge on any atom is 0.222 e.